The number of aromatic nitrogens is 3. The summed E-state index contributed by atoms with van der Waals surface area (Å²) in [5, 5.41) is 8.06. The molecule has 1 saturated carbocycles. The molecule has 0 atom stereocenters. The molecule has 1 fully saturated rings. The molecule has 84 valence electrons. The molecule has 0 saturated heterocycles. The van der Waals surface area contributed by atoms with E-state index in [1.807, 2.05) is 6.20 Å². The summed E-state index contributed by atoms with van der Waals surface area (Å²) in [6, 6.07) is 0.471. The molecule has 0 spiro atoms. The Bertz CT molecular complexity index is 488. The highest BCUT2D eigenvalue weighted by Crippen LogP contribution is 2.41. The molecule has 16 heavy (non-hydrogen) atoms. The van der Waals surface area contributed by atoms with Crippen molar-refractivity contribution in [1.82, 2.24) is 15.1 Å². The molecule has 0 aromatic carbocycles. The van der Waals surface area contributed by atoms with Crippen molar-refractivity contribution >= 4 is 17.4 Å². The third-order valence-electron chi connectivity index (χ3n) is 2.44. The van der Waals surface area contributed by atoms with Crippen molar-refractivity contribution in [1.29, 1.82) is 0 Å². The second kappa shape index (κ2) is 3.86. The highest BCUT2D eigenvalue weighted by Gasteiger charge is 2.26. The minimum atomic E-state index is 0.471. The maximum absolute atomic E-state index is 4.96. The predicted octanol–water partition coefficient (Wildman–Crippen LogP) is 2.32. The van der Waals surface area contributed by atoms with Crippen LogP contribution in [0, 0.1) is 6.92 Å². The molecular formula is C10H12N4OS. The van der Waals surface area contributed by atoms with Crippen LogP contribution in [0.1, 0.15) is 34.5 Å². The van der Waals surface area contributed by atoms with Crippen molar-refractivity contribution < 1.29 is 4.52 Å². The normalized spacial score (nSPS) is 15.3. The van der Waals surface area contributed by atoms with Gasteiger partial charge >= 0.3 is 6.01 Å². The second-order valence-electron chi connectivity index (χ2n) is 3.94. The fourth-order valence-corrected chi connectivity index (χ4v) is 2.48. The lowest BCUT2D eigenvalue weighted by atomic mass is 10.5. The molecule has 1 aliphatic rings. The van der Waals surface area contributed by atoms with E-state index in [1.54, 1.807) is 18.3 Å². The summed E-state index contributed by atoms with van der Waals surface area (Å²) in [5.41, 5.74) is 0. The molecule has 1 N–H and O–H groups in total. The van der Waals surface area contributed by atoms with Crippen LogP contribution in [0.15, 0.2) is 10.7 Å². The van der Waals surface area contributed by atoms with Gasteiger partial charge in [-0.05, 0) is 19.8 Å². The molecule has 0 amide bonds. The lowest BCUT2D eigenvalue weighted by molar-refractivity contribution is 0.425. The highest BCUT2D eigenvalue weighted by atomic mass is 32.1. The topological polar surface area (TPSA) is 63.8 Å². The summed E-state index contributed by atoms with van der Waals surface area (Å²) in [5.74, 6) is 1.37. The number of thiazole rings is 1. The minimum absolute atomic E-state index is 0.471. The molecule has 6 heteroatoms. The molecular weight excluding hydrogens is 224 g/mol. The van der Waals surface area contributed by atoms with Crippen LogP contribution in [0.25, 0.3) is 0 Å². The molecule has 0 radical (unpaired) electrons. The first kappa shape index (κ1) is 9.77. The maximum atomic E-state index is 4.96. The van der Waals surface area contributed by atoms with Gasteiger partial charge in [0.1, 0.15) is 0 Å². The Morgan fingerprint density at radius 2 is 2.44 bits per heavy atom. The molecule has 0 aliphatic heterocycles. The van der Waals surface area contributed by atoms with E-state index in [2.05, 4.69) is 20.4 Å². The van der Waals surface area contributed by atoms with Gasteiger partial charge in [-0.3, -0.25) is 0 Å². The van der Waals surface area contributed by atoms with Gasteiger partial charge in [0.15, 0.2) is 5.82 Å². The fourth-order valence-electron chi connectivity index (χ4n) is 1.45. The average Bonchev–Trinajstić information content (AvgIpc) is 2.87. The predicted molar refractivity (Wildman–Crippen MR) is 60.5 cm³/mol. The molecule has 5 nitrogen and oxygen atoms in total. The third kappa shape index (κ3) is 2.06. The van der Waals surface area contributed by atoms with Gasteiger partial charge in [0.2, 0.25) is 0 Å². The van der Waals surface area contributed by atoms with E-state index in [0.717, 1.165) is 5.92 Å². The molecule has 0 unspecified atom stereocenters. The molecule has 2 aromatic heterocycles. The summed E-state index contributed by atoms with van der Waals surface area (Å²) in [7, 11) is 0. The third-order valence-corrected chi connectivity index (χ3v) is 3.60. The Balaban J connectivity index is 1.61. The SMILES string of the molecule is Cc1noc(NCc2cnc(C3CC3)s2)n1. The Labute approximate surface area is 96.9 Å². The number of nitrogens with one attached hydrogen (secondary N) is 1. The Hall–Kier alpha value is -1.43. The molecule has 1 aliphatic carbocycles. The second-order valence-corrected chi connectivity index (χ2v) is 5.09. The molecule has 2 heterocycles. The van der Waals surface area contributed by atoms with E-state index in [0.29, 0.717) is 18.4 Å². The zero-order chi connectivity index (χ0) is 11.0. The average molecular weight is 236 g/mol. The van der Waals surface area contributed by atoms with Crippen molar-refractivity contribution in [3.8, 4) is 0 Å². The molecule has 3 rings (SSSR count). The zero-order valence-electron chi connectivity index (χ0n) is 8.93. The van der Waals surface area contributed by atoms with Crippen molar-refractivity contribution in [2.24, 2.45) is 0 Å². The van der Waals surface area contributed by atoms with Crippen molar-refractivity contribution in [2.45, 2.75) is 32.2 Å². The minimum Gasteiger partial charge on any atom is -0.333 e. The zero-order valence-corrected chi connectivity index (χ0v) is 9.75. The van der Waals surface area contributed by atoms with E-state index in [4.69, 9.17) is 4.52 Å². The Morgan fingerprint density at radius 1 is 1.56 bits per heavy atom. The van der Waals surface area contributed by atoms with Crippen LogP contribution in [0.5, 0.6) is 0 Å². The summed E-state index contributed by atoms with van der Waals surface area (Å²) in [6.07, 6.45) is 4.51. The van der Waals surface area contributed by atoms with Gasteiger partial charge < -0.3 is 9.84 Å². The van der Waals surface area contributed by atoms with Crippen LogP contribution in [-0.4, -0.2) is 15.1 Å². The number of hydrogen-bond acceptors (Lipinski definition) is 6. The summed E-state index contributed by atoms with van der Waals surface area (Å²) in [4.78, 5) is 9.69. The first-order valence-corrected chi connectivity index (χ1v) is 6.12. The van der Waals surface area contributed by atoms with Gasteiger partial charge in [0.05, 0.1) is 11.6 Å². The summed E-state index contributed by atoms with van der Waals surface area (Å²) >= 11 is 1.77. The Morgan fingerprint density at radius 3 is 3.12 bits per heavy atom. The summed E-state index contributed by atoms with van der Waals surface area (Å²) in [6.45, 7) is 2.50. The van der Waals surface area contributed by atoms with Gasteiger partial charge in [-0.15, -0.1) is 11.3 Å². The number of rotatable bonds is 4. The molecule has 0 bridgehead atoms. The van der Waals surface area contributed by atoms with Crippen molar-refractivity contribution in [3.05, 3.63) is 21.9 Å². The lowest BCUT2D eigenvalue weighted by Gasteiger charge is -1.95. The number of nitrogens with zero attached hydrogens (tertiary/aromatic N) is 3. The highest BCUT2D eigenvalue weighted by molar-refractivity contribution is 7.11. The van der Waals surface area contributed by atoms with E-state index < -0.39 is 0 Å². The quantitative estimate of drug-likeness (QED) is 0.882. The number of aryl methyl sites for hydroxylation is 1. The van der Waals surface area contributed by atoms with E-state index in [-0.39, 0.29) is 0 Å². The van der Waals surface area contributed by atoms with Crippen molar-refractivity contribution in [3.63, 3.8) is 0 Å². The first-order chi connectivity index (χ1) is 7.81. The van der Waals surface area contributed by atoms with Crippen LogP contribution in [0.4, 0.5) is 6.01 Å². The van der Waals surface area contributed by atoms with Crippen LogP contribution >= 0.6 is 11.3 Å². The first-order valence-electron chi connectivity index (χ1n) is 5.30. The smallest absolute Gasteiger partial charge is 0.321 e. The van der Waals surface area contributed by atoms with Gasteiger partial charge in [0.25, 0.3) is 0 Å². The van der Waals surface area contributed by atoms with Gasteiger partial charge in [-0.25, -0.2) is 4.98 Å². The van der Waals surface area contributed by atoms with E-state index in [9.17, 15) is 0 Å². The number of anilines is 1. The van der Waals surface area contributed by atoms with Crippen LogP contribution in [0.3, 0.4) is 0 Å². The van der Waals surface area contributed by atoms with Crippen LogP contribution in [-0.2, 0) is 6.54 Å². The molecule has 2 aromatic rings. The van der Waals surface area contributed by atoms with Gasteiger partial charge in [-0.1, -0.05) is 5.16 Å². The van der Waals surface area contributed by atoms with Gasteiger partial charge in [-0.2, -0.15) is 4.98 Å². The fraction of sp³-hybridized carbons (Fsp3) is 0.500. The summed E-state index contributed by atoms with van der Waals surface area (Å²) < 4.78 is 4.96. The maximum Gasteiger partial charge on any atom is 0.321 e. The van der Waals surface area contributed by atoms with Crippen LogP contribution in [0.2, 0.25) is 0 Å². The standard InChI is InChI=1S/C10H12N4OS/c1-6-13-10(15-14-6)12-5-8-4-11-9(16-8)7-2-3-7/h4,7H,2-3,5H2,1H3,(H,12,13,14). The number of hydrogen-bond donors (Lipinski definition) is 1. The van der Waals surface area contributed by atoms with E-state index in [1.165, 1.54) is 22.7 Å². The van der Waals surface area contributed by atoms with Crippen LogP contribution < -0.4 is 5.32 Å². The van der Waals surface area contributed by atoms with Gasteiger partial charge in [0, 0.05) is 17.0 Å². The van der Waals surface area contributed by atoms with Crippen molar-refractivity contribution in [2.75, 3.05) is 5.32 Å². The largest absolute Gasteiger partial charge is 0.333 e. The van der Waals surface area contributed by atoms with E-state index >= 15 is 0 Å². The Kier molecular flexibility index (Phi) is 2.36. The lowest BCUT2D eigenvalue weighted by Crippen LogP contribution is -1.97. The monoisotopic (exact) mass is 236 g/mol.